The predicted molar refractivity (Wildman–Crippen MR) is 131 cm³/mol. The third-order valence-corrected chi connectivity index (χ3v) is 7.37. The minimum atomic E-state index is 0.0789. The molecular formula is C25H34N4OS. The summed E-state index contributed by atoms with van der Waals surface area (Å²) in [6.45, 7) is 10.6. The number of aromatic nitrogens is 1. The number of methoxy groups -OCH3 is 1. The lowest BCUT2D eigenvalue weighted by Crippen LogP contribution is -2.58. The highest BCUT2D eigenvalue weighted by Gasteiger charge is 2.43. The first-order chi connectivity index (χ1) is 15.0. The van der Waals surface area contributed by atoms with E-state index in [1.54, 1.807) is 7.11 Å². The van der Waals surface area contributed by atoms with Crippen LogP contribution in [0.25, 0.3) is 10.9 Å². The van der Waals surface area contributed by atoms with Gasteiger partial charge in [-0.2, -0.15) is 0 Å². The van der Waals surface area contributed by atoms with Crippen molar-refractivity contribution in [3.05, 3.63) is 48.7 Å². The van der Waals surface area contributed by atoms with Crippen molar-refractivity contribution < 1.29 is 4.74 Å². The van der Waals surface area contributed by atoms with E-state index < -0.39 is 0 Å². The molecule has 0 saturated carbocycles. The first-order valence-electron chi connectivity index (χ1n) is 11.4. The molecule has 4 heterocycles. The molecule has 1 unspecified atom stereocenters. The average Bonchev–Trinajstić information content (AvgIpc) is 2.81. The van der Waals surface area contributed by atoms with Gasteiger partial charge in [0.15, 0.2) is 5.11 Å². The van der Waals surface area contributed by atoms with Gasteiger partial charge >= 0.3 is 0 Å². The van der Waals surface area contributed by atoms with Gasteiger partial charge in [-0.05, 0) is 86.6 Å². The summed E-state index contributed by atoms with van der Waals surface area (Å²) >= 11 is 5.75. The minimum Gasteiger partial charge on any atom is -0.497 e. The van der Waals surface area contributed by atoms with Crippen molar-refractivity contribution in [3.63, 3.8) is 0 Å². The number of fused-ring (bicyclic) bond motifs is 4. The molecule has 166 valence electrons. The van der Waals surface area contributed by atoms with Crippen LogP contribution in [0.4, 0.5) is 0 Å². The molecule has 3 aliphatic rings. The van der Waals surface area contributed by atoms with E-state index in [2.05, 4.69) is 59.2 Å². The van der Waals surface area contributed by atoms with Crippen molar-refractivity contribution in [1.29, 1.82) is 0 Å². The van der Waals surface area contributed by atoms with Gasteiger partial charge in [-0.15, -0.1) is 6.58 Å². The molecule has 6 heteroatoms. The fourth-order valence-corrected chi connectivity index (χ4v) is 5.49. The van der Waals surface area contributed by atoms with Gasteiger partial charge in [-0.1, -0.05) is 13.0 Å². The molecule has 3 fully saturated rings. The molecule has 0 amide bonds. The normalized spacial score (nSPS) is 26.8. The number of piperidine rings is 3. The van der Waals surface area contributed by atoms with Crippen LogP contribution in [0.1, 0.15) is 44.7 Å². The van der Waals surface area contributed by atoms with Crippen molar-refractivity contribution in [2.75, 3.05) is 20.2 Å². The van der Waals surface area contributed by atoms with Crippen LogP contribution in [-0.2, 0) is 0 Å². The highest BCUT2D eigenvalue weighted by atomic mass is 32.1. The Morgan fingerprint density at radius 1 is 1.39 bits per heavy atom. The van der Waals surface area contributed by atoms with Crippen molar-refractivity contribution in [3.8, 4) is 5.75 Å². The van der Waals surface area contributed by atoms with Crippen LogP contribution in [0.3, 0.4) is 0 Å². The molecule has 2 aromatic rings. The molecule has 3 saturated heterocycles. The zero-order valence-electron chi connectivity index (χ0n) is 18.8. The van der Waals surface area contributed by atoms with Crippen LogP contribution in [0, 0.1) is 11.8 Å². The number of rotatable bonds is 7. The highest BCUT2D eigenvalue weighted by molar-refractivity contribution is 7.80. The molecule has 5 nitrogen and oxygen atoms in total. The summed E-state index contributed by atoms with van der Waals surface area (Å²) in [6.07, 6.45) is 7.49. The number of pyridine rings is 1. The Labute approximate surface area is 191 Å². The fourth-order valence-electron chi connectivity index (χ4n) is 5.16. The Bertz CT molecular complexity index is 948. The van der Waals surface area contributed by atoms with Gasteiger partial charge in [0.05, 0.1) is 18.7 Å². The van der Waals surface area contributed by atoms with E-state index in [1.807, 2.05) is 18.3 Å². The average molecular weight is 439 g/mol. The fraction of sp³-hybridized carbons (Fsp3) is 0.520. The van der Waals surface area contributed by atoms with Gasteiger partial charge in [0.1, 0.15) is 5.75 Å². The maximum absolute atomic E-state index is 5.75. The first-order valence-corrected chi connectivity index (χ1v) is 11.8. The minimum absolute atomic E-state index is 0.0789. The smallest absolute Gasteiger partial charge is 0.167 e. The highest BCUT2D eigenvalue weighted by Crippen LogP contribution is 2.42. The number of nitrogens with one attached hydrogen (secondary N) is 2. The number of nitrogens with zero attached hydrogens (tertiary/aromatic N) is 2. The Balaban J connectivity index is 1.72. The second-order valence-electron chi connectivity index (χ2n) is 8.93. The Morgan fingerprint density at radius 3 is 2.90 bits per heavy atom. The monoisotopic (exact) mass is 438 g/mol. The Morgan fingerprint density at radius 2 is 2.23 bits per heavy atom. The molecule has 5 rings (SSSR count). The quantitative estimate of drug-likeness (QED) is 0.492. The summed E-state index contributed by atoms with van der Waals surface area (Å²) in [4.78, 5) is 7.23. The van der Waals surface area contributed by atoms with Crippen LogP contribution in [0.5, 0.6) is 5.75 Å². The summed E-state index contributed by atoms with van der Waals surface area (Å²) in [5, 5.41) is 8.99. The summed E-state index contributed by atoms with van der Waals surface area (Å²) in [5.74, 6) is 2.12. The van der Waals surface area contributed by atoms with Gasteiger partial charge in [-0.25, -0.2) is 0 Å². The van der Waals surface area contributed by atoms with E-state index in [9.17, 15) is 0 Å². The maximum atomic E-state index is 5.75. The number of ether oxygens (including phenoxy) is 1. The standard InChI is InChI=1S/C25H34N4OS/c1-5-16(3)27-25(31)28-24(23-13-18-10-12-29(23)15-17(18)6-2)20-9-11-26-22-8-7-19(30-4)14-21(20)22/h6-9,11,14,16-18,23-24H,2,5,10,12-13,15H2,1,3-4H3,(H2,27,28,31)/t16-,17+,18+,23-,24-/m1/s1. The lowest BCUT2D eigenvalue weighted by atomic mass is 9.73. The molecule has 3 aliphatic heterocycles. The zero-order valence-corrected chi connectivity index (χ0v) is 19.6. The van der Waals surface area contributed by atoms with E-state index >= 15 is 0 Å². The van der Waals surface area contributed by atoms with Crippen molar-refractivity contribution >= 4 is 28.2 Å². The lowest BCUT2D eigenvalue weighted by molar-refractivity contribution is 0.00428. The summed E-state index contributed by atoms with van der Waals surface area (Å²) in [5.41, 5.74) is 2.20. The van der Waals surface area contributed by atoms with Crippen molar-refractivity contribution in [1.82, 2.24) is 20.5 Å². The third-order valence-electron chi connectivity index (χ3n) is 7.13. The molecule has 1 aromatic carbocycles. The second-order valence-corrected chi connectivity index (χ2v) is 9.34. The van der Waals surface area contributed by atoms with E-state index in [0.717, 1.165) is 47.7 Å². The van der Waals surface area contributed by atoms with Crippen molar-refractivity contribution in [2.24, 2.45) is 11.8 Å². The zero-order chi connectivity index (χ0) is 22.0. The topological polar surface area (TPSA) is 49.4 Å². The molecule has 6 atom stereocenters. The number of hydrogen-bond donors (Lipinski definition) is 2. The van der Waals surface area contributed by atoms with Gasteiger partial charge in [-0.3, -0.25) is 9.88 Å². The molecule has 2 bridgehead atoms. The van der Waals surface area contributed by atoms with Crippen LogP contribution in [0.15, 0.2) is 43.1 Å². The van der Waals surface area contributed by atoms with Crippen LogP contribution < -0.4 is 15.4 Å². The lowest BCUT2D eigenvalue weighted by Gasteiger charge is -2.52. The maximum Gasteiger partial charge on any atom is 0.167 e. The Kier molecular flexibility index (Phi) is 6.77. The van der Waals surface area contributed by atoms with Crippen LogP contribution >= 0.6 is 12.2 Å². The van der Waals surface area contributed by atoms with E-state index in [-0.39, 0.29) is 6.04 Å². The molecule has 2 N–H and O–H groups in total. The van der Waals surface area contributed by atoms with Gasteiger partial charge < -0.3 is 15.4 Å². The van der Waals surface area contributed by atoms with E-state index in [0.29, 0.717) is 23.9 Å². The van der Waals surface area contributed by atoms with Crippen molar-refractivity contribution in [2.45, 2.75) is 51.2 Å². The van der Waals surface area contributed by atoms with Gasteiger partial charge in [0.2, 0.25) is 0 Å². The largest absolute Gasteiger partial charge is 0.497 e. The summed E-state index contributed by atoms with van der Waals surface area (Å²) < 4.78 is 5.52. The summed E-state index contributed by atoms with van der Waals surface area (Å²) in [7, 11) is 1.71. The molecule has 31 heavy (non-hydrogen) atoms. The Hall–Kier alpha value is -2.18. The van der Waals surface area contributed by atoms with E-state index in [1.165, 1.54) is 12.0 Å². The van der Waals surface area contributed by atoms with Crippen LogP contribution in [0.2, 0.25) is 0 Å². The first kappa shape index (κ1) is 22.0. The molecule has 0 aliphatic carbocycles. The second kappa shape index (κ2) is 9.53. The SMILES string of the molecule is C=C[C@H]1CN2CC[C@H]1C[C@@H]2[C@H](NC(=S)N[C@H](C)CC)c1ccnc2ccc(OC)cc12. The molecule has 1 aromatic heterocycles. The van der Waals surface area contributed by atoms with Gasteiger partial charge in [0.25, 0.3) is 0 Å². The van der Waals surface area contributed by atoms with E-state index in [4.69, 9.17) is 17.0 Å². The molecular weight excluding hydrogens is 404 g/mol. The number of benzene rings is 1. The molecule has 0 radical (unpaired) electrons. The molecule has 0 spiro atoms. The number of thiocarbonyl (C=S) groups is 1. The predicted octanol–water partition coefficient (Wildman–Crippen LogP) is 4.44. The van der Waals surface area contributed by atoms with Gasteiger partial charge in [0, 0.05) is 30.2 Å². The summed E-state index contributed by atoms with van der Waals surface area (Å²) in [6, 6.07) is 9.03. The number of hydrogen-bond acceptors (Lipinski definition) is 4. The third kappa shape index (κ3) is 4.55. The van der Waals surface area contributed by atoms with Crippen LogP contribution in [-0.4, -0.2) is 47.3 Å².